The molecule has 3 aromatic rings. The third-order valence-electron chi connectivity index (χ3n) is 3.88. The zero-order valence-corrected chi connectivity index (χ0v) is 15.3. The fourth-order valence-corrected chi connectivity index (χ4v) is 2.86. The molecule has 0 aliphatic carbocycles. The fourth-order valence-electron chi connectivity index (χ4n) is 2.62. The van der Waals surface area contributed by atoms with E-state index in [4.69, 9.17) is 16.3 Å². The fraction of sp³-hybridized carbons (Fsp3) is 0.222. The predicted molar refractivity (Wildman–Crippen MR) is 98.0 cm³/mol. The van der Waals surface area contributed by atoms with Crippen LogP contribution >= 0.6 is 11.6 Å². The molecule has 8 heteroatoms. The third kappa shape index (κ3) is 3.52. The summed E-state index contributed by atoms with van der Waals surface area (Å²) in [6.07, 6.45) is 2.83. The van der Waals surface area contributed by atoms with Gasteiger partial charge in [0.05, 0.1) is 11.4 Å². The Kier molecular flexibility index (Phi) is 4.90. The van der Waals surface area contributed by atoms with Crippen LogP contribution in [0.2, 0.25) is 5.15 Å². The maximum atomic E-state index is 12.2. The van der Waals surface area contributed by atoms with Crippen molar-refractivity contribution in [2.45, 2.75) is 20.5 Å². The van der Waals surface area contributed by atoms with Gasteiger partial charge >= 0.3 is 5.97 Å². The standard InChI is InChI=1S/C18H17ClN4O3/c1-11-5-4-6-15-20-13(9-16(24)23(11)15)10-26-17(25)8-7-14-12(2)21-22(3)18(14)19/h4-9H,10H2,1-3H3/b8-7+. The van der Waals surface area contributed by atoms with Gasteiger partial charge < -0.3 is 4.74 Å². The maximum Gasteiger partial charge on any atom is 0.331 e. The minimum absolute atomic E-state index is 0.0946. The van der Waals surface area contributed by atoms with Crippen LogP contribution < -0.4 is 5.56 Å². The van der Waals surface area contributed by atoms with Gasteiger partial charge in [0, 0.05) is 30.4 Å². The van der Waals surface area contributed by atoms with Gasteiger partial charge in [0.15, 0.2) is 0 Å². The van der Waals surface area contributed by atoms with E-state index in [1.165, 1.54) is 21.2 Å². The normalized spacial score (nSPS) is 11.4. The van der Waals surface area contributed by atoms with E-state index in [1.807, 2.05) is 19.1 Å². The third-order valence-corrected chi connectivity index (χ3v) is 4.33. The number of aryl methyl sites for hydroxylation is 3. The molecule has 134 valence electrons. The van der Waals surface area contributed by atoms with Crippen molar-refractivity contribution in [2.24, 2.45) is 7.05 Å². The molecule has 0 aliphatic rings. The van der Waals surface area contributed by atoms with E-state index in [9.17, 15) is 9.59 Å². The second-order valence-electron chi connectivity index (χ2n) is 5.80. The van der Waals surface area contributed by atoms with Gasteiger partial charge in [-0.3, -0.25) is 13.9 Å². The lowest BCUT2D eigenvalue weighted by atomic mass is 10.2. The summed E-state index contributed by atoms with van der Waals surface area (Å²) in [5.74, 6) is -0.560. The summed E-state index contributed by atoms with van der Waals surface area (Å²) in [4.78, 5) is 28.5. The zero-order chi connectivity index (χ0) is 18.8. The van der Waals surface area contributed by atoms with E-state index >= 15 is 0 Å². The molecule has 7 nitrogen and oxygen atoms in total. The second-order valence-corrected chi connectivity index (χ2v) is 6.16. The van der Waals surface area contributed by atoms with Crippen LogP contribution in [0.1, 0.15) is 22.6 Å². The monoisotopic (exact) mass is 372 g/mol. The first-order valence-electron chi connectivity index (χ1n) is 7.89. The number of carbonyl (C=O) groups excluding carboxylic acids is 1. The van der Waals surface area contributed by atoms with Crippen LogP contribution in [0.5, 0.6) is 0 Å². The van der Waals surface area contributed by atoms with Crippen LogP contribution in [0.15, 0.2) is 35.1 Å². The van der Waals surface area contributed by atoms with Gasteiger partial charge in [0.1, 0.15) is 17.4 Å². The van der Waals surface area contributed by atoms with Crippen molar-refractivity contribution in [3.8, 4) is 0 Å². The number of fused-ring (bicyclic) bond motifs is 1. The molecule has 0 fully saturated rings. The summed E-state index contributed by atoms with van der Waals surface area (Å²) >= 11 is 6.11. The lowest BCUT2D eigenvalue weighted by Crippen LogP contribution is -2.18. The summed E-state index contributed by atoms with van der Waals surface area (Å²) < 4.78 is 8.19. The highest BCUT2D eigenvalue weighted by Crippen LogP contribution is 2.20. The Balaban J connectivity index is 1.73. The Morgan fingerprint density at radius 1 is 1.35 bits per heavy atom. The average Bonchev–Trinajstić information content (AvgIpc) is 2.83. The number of esters is 1. The lowest BCUT2D eigenvalue weighted by molar-refractivity contribution is -0.139. The molecule has 0 atom stereocenters. The number of rotatable bonds is 4. The van der Waals surface area contributed by atoms with E-state index in [2.05, 4.69) is 10.1 Å². The molecule has 0 bridgehead atoms. The van der Waals surface area contributed by atoms with E-state index in [-0.39, 0.29) is 12.2 Å². The number of aromatic nitrogens is 4. The largest absolute Gasteiger partial charge is 0.456 e. The van der Waals surface area contributed by atoms with Crippen LogP contribution in [-0.2, 0) is 23.2 Å². The van der Waals surface area contributed by atoms with Crippen molar-refractivity contribution in [1.29, 1.82) is 0 Å². The lowest BCUT2D eigenvalue weighted by Gasteiger charge is -2.06. The molecule has 0 amide bonds. The Hall–Kier alpha value is -2.93. The molecule has 0 aromatic carbocycles. The second kappa shape index (κ2) is 7.13. The summed E-state index contributed by atoms with van der Waals surface area (Å²) in [5.41, 5.74) is 2.84. The van der Waals surface area contributed by atoms with Gasteiger partial charge in [-0.05, 0) is 32.1 Å². The summed E-state index contributed by atoms with van der Waals surface area (Å²) in [6, 6.07) is 6.73. The first-order chi connectivity index (χ1) is 12.4. The van der Waals surface area contributed by atoms with Crippen molar-refractivity contribution >= 4 is 29.3 Å². The van der Waals surface area contributed by atoms with Crippen molar-refractivity contribution in [3.63, 3.8) is 0 Å². The molecular formula is C18H17ClN4O3. The number of hydrogen-bond acceptors (Lipinski definition) is 5. The minimum Gasteiger partial charge on any atom is -0.456 e. The quantitative estimate of drug-likeness (QED) is 0.519. The first kappa shape index (κ1) is 17.9. The highest BCUT2D eigenvalue weighted by atomic mass is 35.5. The number of hydrogen-bond donors (Lipinski definition) is 0. The van der Waals surface area contributed by atoms with Gasteiger partial charge in [-0.1, -0.05) is 17.7 Å². The molecule has 0 unspecified atom stereocenters. The Morgan fingerprint density at radius 2 is 2.12 bits per heavy atom. The van der Waals surface area contributed by atoms with Crippen molar-refractivity contribution < 1.29 is 9.53 Å². The molecule has 0 radical (unpaired) electrons. The number of carbonyl (C=O) groups is 1. The molecule has 3 heterocycles. The van der Waals surface area contributed by atoms with Gasteiger partial charge in [-0.15, -0.1) is 0 Å². The topological polar surface area (TPSA) is 78.5 Å². The molecule has 26 heavy (non-hydrogen) atoms. The van der Waals surface area contributed by atoms with Crippen LogP contribution in [0.4, 0.5) is 0 Å². The predicted octanol–water partition coefficient (Wildman–Crippen LogP) is 2.45. The average molecular weight is 373 g/mol. The maximum absolute atomic E-state index is 12.2. The van der Waals surface area contributed by atoms with Crippen LogP contribution in [0.25, 0.3) is 11.7 Å². The number of ether oxygens (including phenoxy) is 1. The molecule has 3 aromatic heterocycles. The Bertz CT molecular complexity index is 1080. The zero-order valence-electron chi connectivity index (χ0n) is 14.6. The van der Waals surface area contributed by atoms with Gasteiger partial charge in [-0.25, -0.2) is 9.78 Å². The van der Waals surface area contributed by atoms with E-state index < -0.39 is 5.97 Å². The number of pyridine rings is 1. The van der Waals surface area contributed by atoms with E-state index in [0.717, 1.165) is 5.69 Å². The number of nitrogens with zero attached hydrogens (tertiary/aromatic N) is 4. The molecule has 3 rings (SSSR count). The summed E-state index contributed by atoms with van der Waals surface area (Å²) in [7, 11) is 1.72. The molecule has 0 aliphatic heterocycles. The highest BCUT2D eigenvalue weighted by molar-refractivity contribution is 6.31. The first-order valence-corrected chi connectivity index (χ1v) is 8.27. The molecule has 0 spiro atoms. The van der Waals surface area contributed by atoms with Gasteiger partial charge in [-0.2, -0.15) is 5.10 Å². The molecule has 0 saturated heterocycles. The van der Waals surface area contributed by atoms with Crippen molar-refractivity contribution in [3.05, 3.63) is 68.5 Å². The summed E-state index contributed by atoms with van der Waals surface area (Å²) in [5, 5.41) is 4.60. The molecule has 0 saturated carbocycles. The Morgan fingerprint density at radius 3 is 2.81 bits per heavy atom. The van der Waals surface area contributed by atoms with E-state index in [0.29, 0.717) is 27.8 Å². The number of halogens is 1. The molecule has 0 N–H and O–H groups in total. The van der Waals surface area contributed by atoms with Crippen LogP contribution in [-0.4, -0.2) is 25.1 Å². The van der Waals surface area contributed by atoms with Crippen LogP contribution in [0.3, 0.4) is 0 Å². The smallest absolute Gasteiger partial charge is 0.331 e. The van der Waals surface area contributed by atoms with Crippen molar-refractivity contribution in [1.82, 2.24) is 19.2 Å². The van der Waals surface area contributed by atoms with Crippen molar-refractivity contribution in [2.75, 3.05) is 0 Å². The van der Waals surface area contributed by atoms with Gasteiger partial charge in [0.25, 0.3) is 5.56 Å². The SMILES string of the molecule is Cc1nn(C)c(Cl)c1/C=C/C(=O)OCc1cc(=O)n2c(C)cccc2n1. The van der Waals surface area contributed by atoms with Gasteiger partial charge in [0.2, 0.25) is 0 Å². The molecular weight excluding hydrogens is 356 g/mol. The minimum atomic E-state index is -0.560. The summed E-state index contributed by atoms with van der Waals surface area (Å²) in [6.45, 7) is 3.53. The van der Waals surface area contributed by atoms with E-state index in [1.54, 1.807) is 26.1 Å². The Labute approximate surface area is 154 Å². The highest BCUT2D eigenvalue weighted by Gasteiger charge is 2.09. The van der Waals surface area contributed by atoms with Crippen LogP contribution in [0, 0.1) is 13.8 Å².